The van der Waals surface area contributed by atoms with E-state index in [4.69, 9.17) is 9.72 Å². The summed E-state index contributed by atoms with van der Waals surface area (Å²) in [5, 5.41) is 4.64. The van der Waals surface area contributed by atoms with Crippen LogP contribution in [0.15, 0.2) is 24.3 Å². The second-order valence-corrected chi connectivity index (χ2v) is 4.60. The van der Waals surface area contributed by atoms with E-state index in [0.717, 1.165) is 37.2 Å². The molecular formula is C16H22N2O. The molecule has 2 aromatic rings. The fourth-order valence-electron chi connectivity index (χ4n) is 2.29. The van der Waals surface area contributed by atoms with Gasteiger partial charge in [-0.2, -0.15) is 0 Å². The Morgan fingerprint density at radius 2 is 2.11 bits per heavy atom. The number of ether oxygens (including phenoxy) is 1. The molecule has 0 unspecified atom stereocenters. The zero-order valence-corrected chi connectivity index (χ0v) is 12.0. The smallest absolute Gasteiger partial charge is 0.0758 e. The van der Waals surface area contributed by atoms with Crippen LogP contribution in [-0.2, 0) is 17.6 Å². The number of hydrogen-bond acceptors (Lipinski definition) is 3. The average Bonchev–Trinajstić information content (AvgIpc) is 2.45. The number of benzene rings is 1. The lowest BCUT2D eigenvalue weighted by Crippen LogP contribution is -2.03. The molecule has 0 atom stereocenters. The molecule has 0 spiro atoms. The molecule has 0 bridgehead atoms. The fraction of sp³-hybridized carbons (Fsp3) is 0.438. The van der Waals surface area contributed by atoms with E-state index in [-0.39, 0.29) is 0 Å². The quantitative estimate of drug-likeness (QED) is 0.862. The van der Waals surface area contributed by atoms with Crippen molar-refractivity contribution in [3.63, 3.8) is 0 Å². The molecule has 0 fully saturated rings. The lowest BCUT2D eigenvalue weighted by atomic mass is 10.0. The summed E-state index contributed by atoms with van der Waals surface area (Å²) >= 11 is 0. The minimum Gasteiger partial charge on any atom is -0.385 e. The molecule has 102 valence electrons. The van der Waals surface area contributed by atoms with Gasteiger partial charge in [0.1, 0.15) is 0 Å². The maximum Gasteiger partial charge on any atom is 0.0758 e. The Bertz CT molecular complexity index is 552. The van der Waals surface area contributed by atoms with Crippen molar-refractivity contribution in [3.8, 4) is 0 Å². The van der Waals surface area contributed by atoms with Gasteiger partial charge < -0.3 is 10.1 Å². The summed E-state index contributed by atoms with van der Waals surface area (Å²) in [6, 6.07) is 8.53. The SMILES string of the molecule is CCNc1cc(CC)nc2c(CCOC)cccc12. The first-order chi connectivity index (χ1) is 9.30. The van der Waals surface area contributed by atoms with Gasteiger partial charge in [-0.05, 0) is 31.4 Å². The minimum atomic E-state index is 0.730. The van der Waals surface area contributed by atoms with Crippen LogP contribution in [0.1, 0.15) is 25.1 Å². The zero-order chi connectivity index (χ0) is 13.7. The van der Waals surface area contributed by atoms with Crippen LogP contribution in [0.3, 0.4) is 0 Å². The van der Waals surface area contributed by atoms with Crippen molar-refractivity contribution in [3.05, 3.63) is 35.5 Å². The van der Waals surface area contributed by atoms with Crippen LogP contribution < -0.4 is 5.32 Å². The van der Waals surface area contributed by atoms with Gasteiger partial charge >= 0.3 is 0 Å². The third-order valence-corrected chi connectivity index (χ3v) is 3.28. The Morgan fingerprint density at radius 3 is 2.79 bits per heavy atom. The van der Waals surface area contributed by atoms with Gasteiger partial charge in [-0.1, -0.05) is 25.1 Å². The Kier molecular flexibility index (Phi) is 4.74. The highest BCUT2D eigenvalue weighted by Crippen LogP contribution is 2.26. The van der Waals surface area contributed by atoms with Gasteiger partial charge in [0.25, 0.3) is 0 Å². The molecule has 0 aliphatic rings. The molecule has 1 aromatic carbocycles. The second kappa shape index (κ2) is 6.53. The molecule has 3 nitrogen and oxygen atoms in total. The molecule has 1 aromatic heterocycles. The molecule has 1 N–H and O–H groups in total. The van der Waals surface area contributed by atoms with E-state index in [9.17, 15) is 0 Å². The van der Waals surface area contributed by atoms with Crippen LogP contribution in [0.25, 0.3) is 10.9 Å². The second-order valence-electron chi connectivity index (χ2n) is 4.60. The van der Waals surface area contributed by atoms with Gasteiger partial charge in [-0.15, -0.1) is 0 Å². The molecule has 0 saturated heterocycles. The standard InChI is InChI=1S/C16H22N2O/c1-4-13-11-15(17-5-2)14-8-6-7-12(9-10-19-3)16(14)18-13/h6-8,11H,4-5,9-10H2,1-3H3,(H,17,18). The summed E-state index contributed by atoms with van der Waals surface area (Å²) in [6.45, 7) is 5.91. The van der Waals surface area contributed by atoms with Gasteiger partial charge in [0, 0.05) is 30.4 Å². The maximum atomic E-state index is 5.19. The number of nitrogens with zero attached hydrogens (tertiary/aromatic N) is 1. The Hall–Kier alpha value is -1.61. The Morgan fingerprint density at radius 1 is 1.26 bits per heavy atom. The third-order valence-electron chi connectivity index (χ3n) is 3.28. The number of methoxy groups -OCH3 is 1. The lowest BCUT2D eigenvalue weighted by molar-refractivity contribution is 0.202. The van der Waals surface area contributed by atoms with Crippen molar-refractivity contribution in [2.45, 2.75) is 26.7 Å². The molecular weight excluding hydrogens is 236 g/mol. The van der Waals surface area contributed by atoms with Gasteiger partial charge in [0.05, 0.1) is 12.1 Å². The van der Waals surface area contributed by atoms with E-state index >= 15 is 0 Å². The van der Waals surface area contributed by atoms with Crippen molar-refractivity contribution in [1.82, 2.24) is 4.98 Å². The summed E-state index contributed by atoms with van der Waals surface area (Å²) in [5.41, 5.74) is 4.68. The number of nitrogens with one attached hydrogen (secondary N) is 1. The first-order valence-corrected chi connectivity index (χ1v) is 6.94. The van der Waals surface area contributed by atoms with Crippen molar-refractivity contribution < 1.29 is 4.74 Å². The first kappa shape index (κ1) is 13.8. The Labute approximate surface area is 115 Å². The van der Waals surface area contributed by atoms with Gasteiger partial charge in [-0.25, -0.2) is 0 Å². The molecule has 0 saturated carbocycles. The topological polar surface area (TPSA) is 34.2 Å². The molecule has 0 amide bonds. The normalized spacial score (nSPS) is 10.9. The van der Waals surface area contributed by atoms with Crippen LogP contribution in [-0.4, -0.2) is 25.2 Å². The first-order valence-electron chi connectivity index (χ1n) is 6.94. The largest absolute Gasteiger partial charge is 0.385 e. The number of hydrogen-bond donors (Lipinski definition) is 1. The van der Waals surface area contributed by atoms with Crippen molar-refractivity contribution in [2.75, 3.05) is 25.6 Å². The number of aromatic nitrogens is 1. The predicted octanol–water partition coefficient (Wildman–Crippen LogP) is 3.42. The molecule has 1 heterocycles. The van der Waals surface area contributed by atoms with Crippen molar-refractivity contribution >= 4 is 16.6 Å². The van der Waals surface area contributed by atoms with Crippen LogP contribution in [0.4, 0.5) is 5.69 Å². The van der Waals surface area contributed by atoms with Crippen LogP contribution in [0.5, 0.6) is 0 Å². The van der Waals surface area contributed by atoms with E-state index in [0.29, 0.717) is 0 Å². The number of aryl methyl sites for hydroxylation is 1. The molecule has 3 heteroatoms. The monoisotopic (exact) mass is 258 g/mol. The van der Waals surface area contributed by atoms with E-state index in [1.807, 2.05) is 0 Å². The third kappa shape index (κ3) is 3.04. The summed E-state index contributed by atoms with van der Waals surface area (Å²) in [7, 11) is 1.74. The summed E-state index contributed by atoms with van der Waals surface area (Å²) in [5.74, 6) is 0. The predicted molar refractivity (Wildman–Crippen MR) is 80.9 cm³/mol. The molecule has 19 heavy (non-hydrogen) atoms. The summed E-state index contributed by atoms with van der Waals surface area (Å²) < 4.78 is 5.19. The van der Waals surface area contributed by atoms with E-state index in [2.05, 4.69) is 43.4 Å². The van der Waals surface area contributed by atoms with Gasteiger partial charge in [0.2, 0.25) is 0 Å². The highest BCUT2D eigenvalue weighted by atomic mass is 16.5. The number of fused-ring (bicyclic) bond motifs is 1. The van der Waals surface area contributed by atoms with Gasteiger partial charge in [0.15, 0.2) is 0 Å². The number of pyridine rings is 1. The van der Waals surface area contributed by atoms with E-state index in [1.54, 1.807) is 7.11 Å². The fourth-order valence-corrected chi connectivity index (χ4v) is 2.29. The summed E-state index contributed by atoms with van der Waals surface area (Å²) in [6.07, 6.45) is 1.85. The maximum absolute atomic E-state index is 5.19. The molecule has 2 rings (SSSR count). The lowest BCUT2D eigenvalue weighted by Gasteiger charge is -2.12. The molecule has 0 aliphatic carbocycles. The van der Waals surface area contributed by atoms with Crippen molar-refractivity contribution in [1.29, 1.82) is 0 Å². The minimum absolute atomic E-state index is 0.730. The van der Waals surface area contributed by atoms with Crippen LogP contribution in [0.2, 0.25) is 0 Å². The van der Waals surface area contributed by atoms with Gasteiger partial charge in [-0.3, -0.25) is 4.98 Å². The van der Waals surface area contributed by atoms with E-state index < -0.39 is 0 Å². The number of rotatable bonds is 6. The van der Waals surface area contributed by atoms with Crippen molar-refractivity contribution in [2.24, 2.45) is 0 Å². The van der Waals surface area contributed by atoms with Crippen LogP contribution >= 0.6 is 0 Å². The average molecular weight is 258 g/mol. The Balaban J connectivity index is 2.55. The number of anilines is 1. The summed E-state index contributed by atoms with van der Waals surface area (Å²) in [4.78, 5) is 4.79. The highest BCUT2D eigenvalue weighted by Gasteiger charge is 2.08. The number of para-hydroxylation sites is 1. The van der Waals surface area contributed by atoms with Crippen LogP contribution in [0, 0.1) is 0 Å². The molecule has 0 aliphatic heterocycles. The zero-order valence-electron chi connectivity index (χ0n) is 12.0. The highest BCUT2D eigenvalue weighted by molar-refractivity contribution is 5.93. The molecule has 0 radical (unpaired) electrons. The van der Waals surface area contributed by atoms with E-state index in [1.165, 1.54) is 16.6 Å².